The van der Waals surface area contributed by atoms with E-state index in [0.717, 1.165) is 31.9 Å². The number of ether oxygens (including phenoxy) is 1. The molecule has 1 atom stereocenters. The molecule has 1 aromatic rings. The molecule has 0 spiro atoms. The Kier molecular flexibility index (Phi) is 7.53. The summed E-state index contributed by atoms with van der Waals surface area (Å²) in [6.45, 7) is 11.4. The molecule has 1 aromatic carbocycles. The number of nitrogens with one attached hydrogen (secondary N) is 2. The molecule has 108 valence electrons. The SMILES string of the molecule is Cc1cccc(OCCCNC(C)CNC(C)C)c1. The van der Waals surface area contributed by atoms with Crippen molar-refractivity contribution in [2.75, 3.05) is 19.7 Å². The summed E-state index contributed by atoms with van der Waals surface area (Å²) in [7, 11) is 0. The van der Waals surface area contributed by atoms with Crippen LogP contribution in [0.4, 0.5) is 0 Å². The maximum Gasteiger partial charge on any atom is 0.119 e. The Hall–Kier alpha value is -1.06. The van der Waals surface area contributed by atoms with Crippen molar-refractivity contribution in [1.29, 1.82) is 0 Å². The molecule has 19 heavy (non-hydrogen) atoms. The van der Waals surface area contributed by atoms with Crippen LogP contribution in [-0.2, 0) is 0 Å². The number of hydrogen-bond acceptors (Lipinski definition) is 3. The Morgan fingerprint density at radius 1 is 1.16 bits per heavy atom. The van der Waals surface area contributed by atoms with Crippen molar-refractivity contribution in [2.24, 2.45) is 0 Å². The predicted molar refractivity (Wildman–Crippen MR) is 81.9 cm³/mol. The van der Waals surface area contributed by atoms with Crippen LogP contribution in [0.5, 0.6) is 5.75 Å². The predicted octanol–water partition coefficient (Wildman–Crippen LogP) is 2.74. The van der Waals surface area contributed by atoms with E-state index in [9.17, 15) is 0 Å². The second-order valence-electron chi connectivity index (χ2n) is 5.44. The molecule has 0 fully saturated rings. The fourth-order valence-electron chi connectivity index (χ4n) is 1.80. The summed E-state index contributed by atoms with van der Waals surface area (Å²) in [6, 6.07) is 9.24. The van der Waals surface area contributed by atoms with Crippen LogP contribution in [-0.4, -0.2) is 31.8 Å². The minimum Gasteiger partial charge on any atom is -0.494 e. The first kappa shape index (κ1) is 16.0. The van der Waals surface area contributed by atoms with Gasteiger partial charge in [0.2, 0.25) is 0 Å². The van der Waals surface area contributed by atoms with E-state index in [1.165, 1.54) is 5.56 Å². The lowest BCUT2D eigenvalue weighted by Crippen LogP contribution is -2.39. The van der Waals surface area contributed by atoms with Gasteiger partial charge in [0, 0.05) is 18.6 Å². The highest BCUT2D eigenvalue weighted by Gasteiger charge is 2.01. The molecule has 1 rings (SSSR count). The van der Waals surface area contributed by atoms with Gasteiger partial charge < -0.3 is 15.4 Å². The van der Waals surface area contributed by atoms with E-state index in [0.29, 0.717) is 12.1 Å². The lowest BCUT2D eigenvalue weighted by Gasteiger charge is -2.16. The third-order valence-electron chi connectivity index (χ3n) is 2.90. The second-order valence-corrected chi connectivity index (χ2v) is 5.44. The molecule has 0 saturated heterocycles. The topological polar surface area (TPSA) is 33.3 Å². The van der Waals surface area contributed by atoms with E-state index in [2.05, 4.69) is 50.5 Å². The van der Waals surface area contributed by atoms with Crippen LogP contribution < -0.4 is 15.4 Å². The maximum absolute atomic E-state index is 5.71. The van der Waals surface area contributed by atoms with E-state index in [1.54, 1.807) is 0 Å². The Bertz CT molecular complexity index is 352. The van der Waals surface area contributed by atoms with Gasteiger partial charge in [-0.2, -0.15) is 0 Å². The third kappa shape index (κ3) is 7.85. The summed E-state index contributed by atoms with van der Waals surface area (Å²) in [5.41, 5.74) is 1.24. The zero-order chi connectivity index (χ0) is 14.1. The fourth-order valence-corrected chi connectivity index (χ4v) is 1.80. The molecule has 3 heteroatoms. The number of hydrogen-bond donors (Lipinski definition) is 2. The molecule has 0 heterocycles. The standard InChI is InChI=1S/C16H28N2O/c1-13(2)18-12-15(4)17-9-6-10-19-16-8-5-7-14(3)11-16/h5,7-8,11,13,15,17-18H,6,9-10,12H2,1-4H3. The van der Waals surface area contributed by atoms with Crippen LogP contribution in [0.1, 0.15) is 32.8 Å². The Labute approximate surface area is 117 Å². The minimum absolute atomic E-state index is 0.501. The van der Waals surface area contributed by atoms with Crippen molar-refractivity contribution < 1.29 is 4.74 Å². The van der Waals surface area contributed by atoms with Crippen LogP contribution in [0.15, 0.2) is 24.3 Å². The summed E-state index contributed by atoms with van der Waals surface area (Å²) < 4.78 is 5.71. The first-order chi connectivity index (χ1) is 9.08. The van der Waals surface area contributed by atoms with Crippen molar-refractivity contribution in [1.82, 2.24) is 10.6 Å². The van der Waals surface area contributed by atoms with Crippen molar-refractivity contribution >= 4 is 0 Å². The van der Waals surface area contributed by atoms with Gasteiger partial charge in [0.05, 0.1) is 6.61 Å². The Balaban J connectivity index is 2.05. The highest BCUT2D eigenvalue weighted by molar-refractivity contribution is 5.27. The number of rotatable bonds is 9. The molecule has 0 aliphatic heterocycles. The van der Waals surface area contributed by atoms with Crippen molar-refractivity contribution in [2.45, 2.75) is 46.2 Å². The van der Waals surface area contributed by atoms with Crippen LogP contribution in [0.2, 0.25) is 0 Å². The van der Waals surface area contributed by atoms with Crippen LogP contribution in [0.3, 0.4) is 0 Å². The van der Waals surface area contributed by atoms with Crippen LogP contribution in [0.25, 0.3) is 0 Å². The summed E-state index contributed by atoms with van der Waals surface area (Å²) in [5, 5.41) is 6.92. The van der Waals surface area contributed by atoms with Gasteiger partial charge >= 0.3 is 0 Å². The van der Waals surface area contributed by atoms with E-state index in [-0.39, 0.29) is 0 Å². The summed E-state index contributed by atoms with van der Waals surface area (Å²) in [4.78, 5) is 0. The lowest BCUT2D eigenvalue weighted by molar-refractivity contribution is 0.304. The largest absolute Gasteiger partial charge is 0.494 e. The van der Waals surface area contributed by atoms with E-state index in [1.807, 2.05) is 12.1 Å². The first-order valence-corrected chi connectivity index (χ1v) is 7.24. The first-order valence-electron chi connectivity index (χ1n) is 7.24. The average Bonchev–Trinajstić information content (AvgIpc) is 2.36. The van der Waals surface area contributed by atoms with Gasteiger partial charge in [-0.05, 0) is 44.5 Å². The molecule has 0 radical (unpaired) electrons. The molecule has 0 saturated carbocycles. The molecule has 0 amide bonds. The van der Waals surface area contributed by atoms with Crippen molar-refractivity contribution in [3.63, 3.8) is 0 Å². The van der Waals surface area contributed by atoms with Gasteiger partial charge in [0.15, 0.2) is 0 Å². The molecule has 0 aliphatic rings. The maximum atomic E-state index is 5.71. The van der Waals surface area contributed by atoms with Crippen LogP contribution >= 0.6 is 0 Å². The van der Waals surface area contributed by atoms with Gasteiger partial charge in [0.1, 0.15) is 5.75 Å². The molecule has 0 aliphatic carbocycles. The number of aryl methyl sites for hydroxylation is 1. The lowest BCUT2D eigenvalue weighted by atomic mass is 10.2. The zero-order valence-electron chi connectivity index (χ0n) is 12.7. The smallest absolute Gasteiger partial charge is 0.119 e. The molecule has 3 nitrogen and oxygen atoms in total. The normalized spacial score (nSPS) is 12.7. The highest BCUT2D eigenvalue weighted by atomic mass is 16.5. The number of benzene rings is 1. The molecule has 1 unspecified atom stereocenters. The van der Waals surface area contributed by atoms with Gasteiger partial charge in [0.25, 0.3) is 0 Å². The summed E-state index contributed by atoms with van der Waals surface area (Å²) >= 11 is 0. The molecule has 0 aromatic heterocycles. The summed E-state index contributed by atoms with van der Waals surface area (Å²) in [6.07, 6.45) is 1.03. The third-order valence-corrected chi connectivity index (χ3v) is 2.90. The van der Waals surface area contributed by atoms with E-state index >= 15 is 0 Å². The van der Waals surface area contributed by atoms with Crippen molar-refractivity contribution in [3.8, 4) is 5.75 Å². The Morgan fingerprint density at radius 2 is 1.95 bits per heavy atom. The average molecular weight is 264 g/mol. The van der Waals surface area contributed by atoms with Crippen LogP contribution in [0, 0.1) is 6.92 Å². The summed E-state index contributed by atoms with van der Waals surface area (Å²) in [5.74, 6) is 0.967. The van der Waals surface area contributed by atoms with Gasteiger partial charge in [-0.15, -0.1) is 0 Å². The Morgan fingerprint density at radius 3 is 2.63 bits per heavy atom. The molecular formula is C16H28N2O. The quantitative estimate of drug-likeness (QED) is 0.673. The van der Waals surface area contributed by atoms with Crippen molar-refractivity contribution in [3.05, 3.63) is 29.8 Å². The van der Waals surface area contributed by atoms with E-state index < -0.39 is 0 Å². The van der Waals surface area contributed by atoms with Gasteiger partial charge in [-0.1, -0.05) is 26.0 Å². The van der Waals surface area contributed by atoms with E-state index in [4.69, 9.17) is 4.74 Å². The van der Waals surface area contributed by atoms with Gasteiger partial charge in [-0.25, -0.2) is 0 Å². The molecule has 2 N–H and O–H groups in total. The van der Waals surface area contributed by atoms with Gasteiger partial charge in [-0.3, -0.25) is 0 Å². The monoisotopic (exact) mass is 264 g/mol. The molecular weight excluding hydrogens is 236 g/mol. The zero-order valence-corrected chi connectivity index (χ0v) is 12.7. The fraction of sp³-hybridized carbons (Fsp3) is 0.625. The minimum atomic E-state index is 0.501. The second kappa shape index (κ2) is 8.94. The molecule has 0 bridgehead atoms. The highest BCUT2D eigenvalue weighted by Crippen LogP contribution is 2.12.